The second-order valence-corrected chi connectivity index (χ2v) is 8.88. The second kappa shape index (κ2) is 8.05. The van der Waals surface area contributed by atoms with Crippen LogP contribution in [0.3, 0.4) is 0 Å². The summed E-state index contributed by atoms with van der Waals surface area (Å²) in [4.78, 5) is 16.4. The SMILES string of the molecule is CCC1c2ccsc2CCN1C(=O)CSc1nnnn1-c1cccc(C)c1C. The highest BCUT2D eigenvalue weighted by molar-refractivity contribution is 7.99. The smallest absolute Gasteiger partial charge is 0.233 e. The number of amides is 1. The molecule has 6 nitrogen and oxygen atoms in total. The quantitative estimate of drug-likeness (QED) is 0.592. The maximum atomic E-state index is 13.0. The molecule has 0 aliphatic carbocycles. The van der Waals surface area contributed by atoms with Crippen LogP contribution in [0.4, 0.5) is 0 Å². The molecule has 0 bridgehead atoms. The van der Waals surface area contributed by atoms with Gasteiger partial charge in [0.25, 0.3) is 0 Å². The Balaban J connectivity index is 1.49. The van der Waals surface area contributed by atoms with Crippen LogP contribution in [0, 0.1) is 13.8 Å². The third-order valence-electron chi connectivity index (χ3n) is 5.37. The summed E-state index contributed by atoms with van der Waals surface area (Å²) in [6.07, 6.45) is 1.88. The molecule has 1 amide bonds. The van der Waals surface area contributed by atoms with Crippen molar-refractivity contribution in [3.63, 3.8) is 0 Å². The normalized spacial score (nSPS) is 16.2. The Morgan fingerprint density at radius 2 is 2.18 bits per heavy atom. The summed E-state index contributed by atoms with van der Waals surface area (Å²) in [6.45, 7) is 7.06. The highest BCUT2D eigenvalue weighted by Gasteiger charge is 2.30. The van der Waals surface area contributed by atoms with E-state index in [1.54, 1.807) is 16.0 Å². The van der Waals surface area contributed by atoms with E-state index in [1.165, 1.54) is 27.8 Å². The largest absolute Gasteiger partial charge is 0.335 e. The van der Waals surface area contributed by atoms with E-state index < -0.39 is 0 Å². The van der Waals surface area contributed by atoms with Gasteiger partial charge in [0.2, 0.25) is 11.1 Å². The van der Waals surface area contributed by atoms with Gasteiger partial charge in [-0.25, -0.2) is 0 Å². The van der Waals surface area contributed by atoms with Gasteiger partial charge >= 0.3 is 0 Å². The van der Waals surface area contributed by atoms with Crippen molar-refractivity contribution < 1.29 is 4.79 Å². The fraction of sp³-hybridized carbons (Fsp3) is 0.400. The summed E-state index contributed by atoms with van der Waals surface area (Å²) in [5.74, 6) is 0.477. The Hall–Kier alpha value is -2.19. The zero-order valence-electron chi connectivity index (χ0n) is 16.3. The molecule has 0 saturated carbocycles. The fourth-order valence-electron chi connectivity index (χ4n) is 3.73. The van der Waals surface area contributed by atoms with Crippen LogP contribution in [0.25, 0.3) is 5.69 Å². The first kappa shape index (κ1) is 19.1. The first-order valence-corrected chi connectivity index (χ1v) is 11.3. The fourth-order valence-corrected chi connectivity index (χ4v) is 5.43. The number of thioether (sulfide) groups is 1. The molecule has 3 heterocycles. The average molecular weight is 414 g/mol. The van der Waals surface area contributed by atoms with E-state index in [9.17, 15) is 4.79 Å². The van der Waals surface area contributed by atoms with Crippen molar-refractivity contribution in [3.05, 3.63) is 51.2 Å². The second-order valence-electron chi connectivity index (χ2n) is 6.94. The van der Waals surface area contributed by atoms with Gasteiger partial charge in [-0.1, -0.05) is 30.8 Å². The molecular weight excluding hydrogens is 390 g/mol. The predicted molar refractivity (Wildman–Crippen MR) is 112 cm³/mol. The van der Waals surface area contributed by atoms with Crippen LogP contribution in [0.1, 0.15) is 41.0 Å². The van der Waals surface area contributed by atoms with Crippen LogP contribution in [0.2, 0.25) is 0 Å². The third kappa shape index (κ3) is 3.46. The molecule has 28 heavy (non-hydrogen) atoms. The number of hydrogen-bond acceptors (Lipinski definition) is 6. The zero-order valence-corrected chi connectivity index (χ0v) is 17.9. The first-order valence-electron chi connectivity index (χ1n) is 9.43. The zero-order chi connectivity index (χ0) is 19.7. The summed E-state index contributed by atoms with van der Waals surface area (Å²) >= 11 is 3.20. The van der Waals surface area contributed by atoms with E-state index in [0.29, 0.717) is 10.9 Å². The van der Waals surface area contributed by atoms with Crippen LogP contribution < -0.4 is 0 Å². The maximum Gasteiger partial charge on any atom is 0.233 e. The van der Waals surface area contributed by atoms with Crippen LogP contribution in [0.5, 0.6) is 0 Å². The van der Waals surface area contributed by atoms with Gasteiger partial charge in [-0.05, 0) is 71.3 Å². The minimum Gasteiger partial charge on any atom is -0.335 e. The maximum absolute atomic E-state index is 13.0. The lowest BCUT2D eigenvalue weighted by Crippen LogP contribution is -2.40. The van der Waals surface area contributed by atoms with Gasteiger partial charge in [-0.3, -0.25) is 4.79 Å². The molecule has 1 aromatic carbocycles. The Morgan fingerprint density at radius 3 is 3.00 bits per heavy atom. The summed E-state index contributed by atoms with van der Waals surface area (Å²) in [5, 5.41) is 14.9. The average Bonchev–Trinajstić information content (AvgIpc) is 3.36. The van der Waals surface area contributed by atoms with Crippen molar-refractivity contribution >= 4 is 29.0 Å². The Kier molecular flexibility index (Phi) is 5.50. The van der Waals surface area contributed by atoms with Crippen molar-refractivity contribution in [2.24, 2.45) is 0 Å². The summed E-state index contributed by atoms with van der Waals surface area (Å²) in [6, 6.07) is 8.41. The molecule has 0 spiro atoms. The molecule has 0 saturated heterocycles. The van der Waals surface area contributed by atoms with Gasteiger partial charge in [0.15, 0.2) is 0 Å². The van der Waals surface area contributed by atoms with E-state index in [-0.39, 0.29) is 11.9 Å². The molecule has 1 aliphatic heterocycles. The standard InChI is InChI=1S/C20H23N5OS2/c1-4-16-15-9-11-27-18(15)8-10-24(16)19(26)12-28-20-21-22-23-25(20)17-7-5-6-13(2)14(17)3/h5-7,9,11,16H,4,8,10,12H2,1-3H3. The molecule has 2 aromatic heterocycles. The lowest BCUT2D eigenvalue weighted by atomic mass is 9.98. The molecule has 146 valence electrons. The molecule has 1 aliphatic rings. The van der Waals surface area contributed by atoms with Crippen molar-refractivity contribution in [1.82, 2.24) is 25.1 Å². The van der Waals surface area contributed by atoms with Gasteiger partial charge < -0.3 is 4.90 Å². The lowest BCUT2D eigenvalue weighted by Gasteiger charge is -2.35. The number of rotatable bonds is 5. The highest BCUT2D eigenvalue weighted by atomic mass is 32.2. The van der Waals surface area contributed by atoms with Gasteiger partial charge in [0, 0.05) is 11.4 Å². The van der Waals surface area contributed by atoms with Crippen LogP contribution in [-0.4, -0.2) is 43.3 Å². The lowest BCUT2D eigenvalue weighted by molar-refractivity contribution is -0.131. The van der Waals surface area contributed by atoms with Crippen molar-refractivity contribution in [2.45, 2.75) is 44.8 Å². The number of benzene rings is 1. The van der Waals surface area contributed by atoms with Crippen LogP contribution in [0.15, 0.2) is 34.8 Å². The van der Waals surface area contributed by atoms with Gasteiger partial charge in [-0.15, -0.1) is 16.4 Å². The molecular formula is C20H23N5OS2. The molecule has 3 aromatic rings. The number of hydrogen-bond donors (Lipinski definition) is 0. The predicted octanol–water partition coefficient (Wildman–Crippen LogP) is 3.97. The minimum atomic E-state index is 0.143. The summed E-state index contributed by atoms with van der Waals surface area (Å²) in [7, 11) is 0. The van der Waals surface area contributed by atoms with Gasteiger partial charge in [-0.2, -0.15) is 4.68 Å². The molecule has 0 radical (unpaired) electrons. The highest BCUT2D eigenvalue weighted by Crippen LogP contribution is 2.35. The van der Waals surface area contributed by atoms with Crippen molar-refractivity contribution in [2.75, 3.05) is 12.3 Å². The Morgan fingerprint density at radius 1 is 1.32 bits per heavy atom. The molecule has 4 rings (SSSR count). The number of carbonyl (C=O) groups excluding carboxylic acids is 1. The third-order valence-corrected chi connectivity index (χ3v) is 7.27. The van der Waals surface area contributed by atoms with E-state index in [1.807, 2.05) is 17.0 Å². The number of nitrogens with zero attached hydrogens (tertiary/aromatic N) is 5. The topological polar surface area (TPSA) is 63.9 Å². The molecule has 1 atom stereocenters. The summed E-state index contributed by atoms with van der Waals surface area (Å²) < 4.78 is 1.73. The molecule has 8 heteroatoms. The number of fused-ring (bicyclic) bond motifs is 1. The van der Waals surface area contributed by atoms with Gasteiger partial charge in [0.05, 0.1) is 17.5 Å². The number of tetrazole rings is 1. The van der Waals surface area contributed by atoms with Crippen LogP contribution >= 0.6 is 23.1 Å². The Labute approximate surface area is 172 Å². The number of carbonyl (C=O) groups is 1. The van der Waals surface area contributed by atoms with Crippen molar-refractivity contribution in [3.8, 4) is 5.69 Å². The Bertz CT molecular complexity index is 996. The number of aryl methyl sites for hydroxylation is 1. The monoisotopic (exact) mass is 413 g/mol. The molecule has 1 unspecified atom stereocenters. The van der Waals surface area contributed by atoms with E-state index >= 15 is 0 Å². The minimum absolute atomic E-state index is 0.143. The van der Waals surface area contributed by atoms with Crippen molar-refractivity contribution in [1.29, 1.82) is 0 Å². The van der Waals surface area contributed by atoms with Crippen LogP contribution in [-0.2, 0) is 11.2 Å². The molecule has 0 fully saturated rings. The van der Waals surface area contributed by atoms with E-state index in [2.05, 4.69) is 53.8 Å². The first-order chi connectivity index (χ1) is 13.6. The van der Waals surface area contributed by atoms with Gasteiger partial charge in [0.1, 0.15) is 0 Å². The number of aromatic nitrogens is 4. The molecule has 0 N–H and O–H groups in total. The summed E-state index contributed by atoms with van der Waals surface area (Å²) in [5.41, 5.74) is 4.59. The number of thiophene rings is 1. The van der Waals surface area contributed by atoms with E-state index in [4.69, 9.17) is 0 Å². The van der Waals surface area contributed by atoms with E-state index in [0.717, 1.165) is 30.6 Å².